The summed E-state index contributed by atoms with van der Waals surface area (Å²) in [5.41, 5.74) is 2.37. The molecule has 0 saturated carbocycles. The first-order chi connectivity index (χ1) is 15.5. The summed E-state index contributed by atoms with van der Waals surface area (Å²) in [5.74, 6) is -0.475. The van der Waals surface area contributed by atoms with Crippen molar-refractivity contribution < 1.29 is 9.53 Å². The van der Waals surface area contributed by atoms with E-state index in [9.17, 15) is 9.59 Å². The van der Waals surface area contributed by atoms with Crippen LogP contribution in [0.3, 0.4) is 0 Å². The van der Waals surface area contributed by atoms with Gasteiger partial charge in [-0.05, 0) is 37.1 Å². The van der Waals surface area contributed by atoms with E-state index in [1.54, 1.807) is 30.6 Å². The van der Waals surface area contributed by atoms with Crippen LogP contribution in [0.25, 0.3) is 12.2 Å². The topological polar surface area (TPSA) is 60.7 Å². The van der Waals surface area contributed by atoms with Crippen molar-refractivity contribution in [3.63, 3.8) is 0 Å². The lowest BCUT2D eigenvalue weighted by Gasteiger charge is -2.21. The number of benzene rings is 2. The van der Waals surface area contributed by atoms with Gasteiger partial charge in [-0.3, -0.25) is 9.36 Å². The Kier molecular flexibility index (Phi) is 6.53. The van der Waals surface area contributed by atoms with Gasteiger partial charge in [-0.1, -0.05) is 83.6 Å². The molecule has 4 rings (SSSR count). The summed E-state index contributed by atoms with van der Waals surface area (Å²) in [7, 11) is 0. The maximum atomic E-state index is 13.4. The molecular formula is C25H21ClN2O3S. The summed E-state index contributed by atoms with van der Waals surface area (Å²) in [6, 6.07) is 16.4. The molecule has 3 aromatic rings. The lowest BCUT2D eigenvalue weighted by atomic mass is 10.0. The van der Waals surface area contributed by atoms with E-state index in [1.807, 2.05) is 60.7 Å². The number of thiazole rings is 1. The van der Waals surface area contributed by atoms with E-state index >= 15 is 0 Å². The maximum absolute atomic E-state index is 13.4. The highest BCUT2D eigenvalue weighted by Crippen LogP contribution is 2.26. The number of nitrogens with zero attached hydrogens (tertiary/aromatic N) is 2. The van der Waals surface area contributed by atoms with E-state index in [4.69, 9.17) is 16.3 Å². The summed E-state index contributed by atoms with van der Waals surface area (Å²) in [6.07, 6.45) is 5.50. The van der Waals surface area contributed by atoms with Gasteiger partial charge in [0.05, 0.1) is 28.5 Å². The lowest BCUT2D eigenvalue weighted by Crippen LogP contribution is -2.38. The third-order valence-electron chi connectivity index (χ3n) is 5.02. The Morgan fingerprint density at radius 1 is 1.19 bits per heavy atom. The first kappa shape index (κ1) is 22.0. The highest BCUT2D eigenvalue weighted by atomic mass is 35.5. The Morgan fingerprint density at radius 2 is 1.91 bits per heavy atom. The van der Waals surface area contributed by atoms with Crippen LogP contribution < -0.4 is 14.9 Å². The smallest absolute Gasteiger partial charge is 0.338 e. The normalized spacial score (nSPS) is 16.2. The Labute approximate surface area is 194 Å². The molecule has 162 valence electrons. The van der Waals surface area contributed by atoms with Crippen LogP contribution in [0.5, 0.6) is 0 Å². The van der Waals surface area contributed by atoms with Crippen LogP contribution in [0.2, 0.25) is 5.02 Å². The van der Waals surface area contributed by atoms with Gasteiger partial charge >= 0.3 is 5.97 Å². The number of fused-ring (bicyclic) bond motifs is 1. The number of halogens is 1. The van der Waals surface area contributed by atoms with Crippen molar-refractivity contribution in [2.24, 2.45) is 4.99 Å². The molecular weight excluding hydrogens is 444 g/mol. The minimum Gasteiger partial charge on any atom is -0.463 e. The second kappa shape index (κ2) is 9.51. The molecule has 7 heteroatoms. The summed E-state index contributed by atoms with van der Waals surface area (Å²) in [4.78, 5) is 31.3. The second-order valence-electron chi connectivity index (χ2n) is 7.14. The van der Waals surface area contributed by atoms with Crippen molar-refractivity contribution in [1.82, 2.24) is 4.57 Å². The monoisotopic (exact) mass is 464 g/mol. The van der Waals surface area contributed by atoms with Gasteiger partial charge in [-0.25, -0.2) is 9.79 Å². The van der Waals surface area contributed by atoms with E-state index in [0.29, 0.717) is 25.6 Å². The zero-order valence-corrected chi connectivity index (χ0v) is 19.2. The molecule has 1 aromatic heterocycles. The predicted molar refractivity (Wildman–Crippen MR) is 128 cm³/mol. The van der Waals surface area contributed by atoms with Gasteiger partial charge < -0.3 is 4.74 Å². The molecule has 2 aromatic carbocycles. The molecule has 1 atom stereocenters. The predicted octanol–water partition coefficient (Wildman–Crippen LogP) is 4.12. The number of hydrogen-bond donors (Lipinski definition) is 0. The Morgan fingerprint density at radius 3 is 2.62 bits per heavy atom. The first-order valence-corrected chi connectivity index (χ1v) is 11.4. The van der Waals surface area contributed by atoms with Crippen molar-refractivity contribution in [3.05, 3.63) is 108 Å². The minimum absolute atomic E-state index is 0.231. The van der Waals surface area contributed by atoms with Crippen LogP contribution in [0.1, 0.15) is 31.0 Å². The number of rotatable bonds is 5. The number of hydrogen-bond acceptors (Lipinski definition) is 5. The van der Waals surface area contributed by atoms with E-state index in [1.165, 1.54) is 11.3 Å². The molecule has 0 bridgehead atoms. The van der Waals surface area contributed by atoms with Crippen molar-refractivity contribution >= 4 is 41.1 Å². The number of esters is 1. The van der Waals surface area contributed by atoms with E-state index in [-0.39, 0.29) is 12.2 Å². The van der Waals surface area contributed by atoms with Gasteiger partial charge in [0.15, 0.2) is 4.80 Å². The van der Waals surface area contributed by atoms with Crippen LogP contribution in [-0.2, 0) is 9.53 Å². The molecule has 32 heavy (non-hydrogen) atoms. The van der Waals surface area contributed by atoms with Crippen LogP contribution in [-0.4, -0.2) is 17.1 Å². The third kappa shape index (κ3) is 4.38. The number of ether oxygens (including phenoxy) is 1. The molecule has 0 aliphatic carbocycles. The molecule has 0 amide bonds. The SMILES string of the molecule is CCOC(=O)C1=C(C)N=c2s/c(=C\c3ccccc3Cl)c(=O)n2[C@@H]1/C=C/c1ccccc1. The highest BCUT2D eigenvalue weighted by molar-refractivity contribution is 7.07. The molecule has 0 saturated heterocycles. The summed E-state index contributed by atoms with van der Waals surface area (Å²) >= 11 is 7.55. The Hall–Kier alpha value is -3.22. The quantitative estimate of drug-likeness (QED) is 0.534. The van der Waals surface area contributed by atoms with Crippen molar-refractivity contribution in [2.45, 2.75) is 19.9 Å². The van der Waals surface area contributed by atoms with Gasteiger partial charge in [-0.15, -0.1) is 0 Å². The summed E-state index contributed by atoms with van der Waals surface area (Å²) in [6.45, 7) is 3.75. The molecule has 0 unspecified atom stereocenters. The second-order valence-corrected chi connectivity index (χ2v) is 8.55. The van der Waals surface area contributed by atoms with Gasteiger partial charge in [0.25, 0.3) is 5.56 Å². The standard InChI is InChI=1S/C25H21ClN2O3S/c1-3-31-24(30)22-16(2)27-25-28(20(22)14-13-17-9-5-4-6-10-17)23(29)21(32-25)15-18-11-7-8-12-19(18)26/h4-15,20H,3H2,1-2H3/b14-13+,21-15-/t20-/m1/s1. The molecule has 0 N–H and O–H groups in total. The molecule has 0 spiro atoms. The number of carbonyl (C=O) groups excluding carboxylic acids is 1. The number of aromatic nitrogens is 1. The molecule has 0 fully saturated rings. The molecule has 5 nitrogen and oxygen atoms in total. The fourth-order valence-corrected chi connectivity index (χ4v) is 4.75. The number of carbonyl (C=O) groups is 1. The average molecular weight is 465 g/mol. The zero-order valence-electron chi connectivity index (χ0n) is 17.6. The van der Waals surface area contributed by atoms with Crippen LogP contribution in [0.4, 0.5) is 0 Å². The van der Waals surface area contributed by atoms with Crippen LogP contribution in [0, 0.1) is 0 Å². The van der Waals surface area contributed by atoms with E-state index in [0.717, 1.165) is 11.1 Å². The third-order valence-corrected chi connectivity index (χ3v) is 6.35. The van der Waals surface area contributed by atoms with Gasteiger partial charge in [-0.2, -0.15) is 0 Å². The van der Waals surface area contributed by atoms with Crippen molar-refractivity contribution in [2.75, 3.05) is 6.61 Å². The Balaban J connectivity index is 1.89. The zero-order chi connectivity index (χ0) is 22.7. The first-order valence-electron chi connectivity index (χ1n) is 10.2. The summed E-state index contributed by atoms with van der Waals surface area (Å²) < 4.78 is 7.32. The van der Waals surface area contributed by atoms with Crippen molar-refractivity contribution in [3.8, 4) is 0 Å². The minimum atomic E-state index is -0.626. The fraction of sp³-hybridized carbons (Fsp3) is 0.160. The van der Waals surface area contributed by atoms with Crippen LogP contribution >= 0.6 is 22.9 Å². The van der Waals surface area contributed by atoms with Crippen molar-refractivity contribution in [1.29, 1.82) is 0 Å². The van der Waals surface area contributed by atoms with E-state index in [2.05, 4.69) is 4.99 Å². The lowest BCUT2D eigenvalue weighted by molar-refractivity contribution is -0.139. The summed E-state index contributed by atoms with van der Waals surface area (Å²) in [5, 5.41) is 0.558. The van der Waals surface area contributed by atoms with Gasteiger partial charge in [0.2, 0.25) is 0 Å². The Bertz CT molecular complexity index is 1400. The molecule has 2 heterocycles. The van der Waals surface area contributed by atoms with Gasteiger partial charge in [0.1, 0.15) is 0 Å². The largest absolute Gasteiger partial charge is 0.463 e. The van der Waals surface area contributed by atoms with Crippen LogP contribution in [0.15, 0.2) is 81.7 Å². The molecule has 1 aliphatic heterocycles. The number of allylic oxidation sites excluding steroid dienone is 2. The molecule has 1 aliphatic rings. The maximum Gasteiger partial charge on any atom is 0.338 e. The average Bonchev–Trinajstić information content (AvgIpc) is 3.09. The van der Waals surface area contributed by atoms with E-state index < -0.39 is 12.0 Å². The highest BCUT2D eigenvalue weighted by Gasteiger charge is 2.30. The fourth-order valence-electron chi connectivity index (χ4n) is 3.52. The molecule has 0 radical (unpaired) electrons. The van der Waals surface area contributed by atoms with Gasteiger partial charge in [0, 0.05) is 5.02 Å².